The van der Waals surface area contributed by atoms with E-state index in [0.29, 0.717) is 19.4 Å². The van der Waals surface area contributed by atoms with Gasteiger partial charge in [-0.25, -0.2) is 0 Å². The van der Waals surface area contributed by atoms with E-state index in [1.54, 1.807) is 6.08 Å². The number of aliphatic hydroxyl groups is 5. The van der Waals surface area contributed by atoms with Gasteiger partial charge in [-0.2, -0.15) is 0 Å². The molecule has 1 saturated heterocycles. The molecule has 0 saturated carbocycles. The molecule has 11 heteroatoms. The molecule has 66 heavy (non-hydrogen) atoms. The zero-order valence-electron chi connectivity index (χ0n) is 42.7. The van der Waals surface area contributed by atoms with E-state index in [1.807, 2.05) is 6.08 Å². The Kier molecular flexibility index (Phi) is 43.3. The first-order valence-electron chi connectivity index (χ1n) is 28.0. The minimum atomic E-state index is -1.57. The normalized spacial score (nSPS) is 19.7. The van der Waals surface area contributed by atoms with Crippen LogP contribution in [0, 0.1) is 0 Å². The lowest BCUT2D eigenvalue weighted by Crippen LogP contribution is -2.60. The maximum absolute atomic E-state index is 13.0. The Morgan fingerprint density at radius 2 is 0.955 bits per heavy atom. The molecule has 7 atom stereocenters. The first-order valence-corrected chi connectivity index (χ1v) is 28.0. The van der Waals surface area contributed by atoms with E-state index < -0.39 is 49.5 Å². The fraction of sp³-hybridized carbons (Fsp3) is 0.927. The molecule has 7 unspecified atom stereocenters. The fourth-order valence-electron chi connectivity index (χ4n) is 8.91. The van der Waals surface area contributed by atoms with Crippen LogP contribution in [0.2, 0.25) is 0 Å². The van der Waals surface area contributed by atoms with Crippen molar-refractivity contribution in [1.82, 2.24) is 5.32 Å². The van der Waals surface area contributed by atoms with Crippen molar-refractivity contribution in [3.8, 4) is 0 Å². The largest absolute Gasteiger partial charge is 0.466 e. The molecule has 0 aromatic carbocycles. The third-order valence-electron chi connectivity index (χ3n) is 13.4. The van der Waals surface area contributed by atoms with Crippen LogP contribution in [0.5, 0.6) is 0 Å². The molecule has 1 amide bonds. The second kappa shape index (κ2) is 45.8. The number of aliphatic hydroxyl groups excluding tert-OH is 5. The smallest absolute Gasteiger partial charge is 0.305 e. The minimum Gasteiger partial charge on any atom is -0.466 e. The Balaban J connectivity index is 2.13. The van der Waals surface area contributed by atoms with Gasteiger partial charge in [-0.05, 0) is 32.1 Å². The molecule has 0 spiro atoms. The van der Waals surface area contributed by atoms with E-state index in [0.717, 1.165) is 70.6 Å². The molecule has 390 valence electrons. The van der Waals surface area contributed by atoms with Gasteiger partial charge in [0.25, 0.3) is 0 Å². The maximum Gasteiger partial charge on any atom is 0.305 e. The molecule has 0 bridgehead atoms. The number of hydrogen-bond acceptors (Lipinski definition) is 10. The lowest BCUT2D eigenvalue weighted by molar-refractivity contribution is -0.302. The summed E-state index contributed by atoms with van der Waals surface area (Å²) in [6.07, 6.45) is 41.4. The van der Waals surface area contributed by atoms with Gasteiger partial charge >= 0.3 is 5.97 Å². The third kappa shape index (κ3) is 35.5. The molecule has 1 aliphatic rings. The number of rotatable bonds is 48. The van der Waals surface area contributed by atoms with Gasteiger partial charge in [0, 0.05) is 12.8 Å². The summed E-state index contributed by atoms with van der Waals surface area (Å²) < 4.78 is 16.7. The summed E-state index contributed by atoms with van der Waals surface area (Å²) in [4.78, 5) is 25.0. The van der Waals surface area contributed by atoms with Crippen LogP contribution in [0.15, 0.2) is 12.2 Å². The van der Waals surface area contributed by atoms with Gasteiger partial charge in [0.15, 0.2) is 6.29 Å². The predicted octanol–water partition coefficient (Wildman–Crippen LogP) is 12.0. The summed E-state index contributed by atoms with van der Waals surface area (Å²) in [5.74, 6) is -0.208. The highest BCUT2D eigenvalue weighted by Gasteiger charge is 2.44. The van der Waals surface area contributed by atoms with Crippen LogP contribution in [-0.4, -0.2) is 100 Å². The maximum atomic E-state index is 13.0. The molecule has 1 rings (SSSR count). The monoisotopic (exact) mass is 940 g/mol. The first-order chi connectivity index (χ1) is 32.2. The Hall–Kier alpha value is -1.60. The standard InChI is InChI=1S/C55H105NO10/c1-3-5-7-9-11-13-15-22-25-29-33-37-41-48(58)47(46-65-55-54(63)53(62)52(61)49(45-57)66-55)56-50(59)42-38-34-30-26-23-19-17-16-18-20-24-28-32-36-40-44-64-51(60)43-39-35-31-27-21-14-12-10-8-6-4-2/h37,41,47-49,52-55,57-58,61-63H,3-36,38-40,42-46H2,1-2H3,(H,56,59)/b41-37+. The molecular weight excluding hydrogens is 835 g/mol. The summed E-state index contributed by atoms with van der Waals surface area (Å²) in [5, 5.41) is 54.3. The second-order valence-electron chi connectivity index (χ2n) is 19.7. The van der Waals surface area contributed by atoms with Crippen LogP contribution in [-0.2, 0) is 23.8 Å². The highest BCUT2D eigenvalue weighted by Crippen LogP contribution is 2.23. The van der Waals surface area contributed by atoms with Crippen LogP contribution in [0.25, 0.3) is 0 Å². The van der Waals surface area contributed by atoms with E-state index in [-0.39, 0.29) is 18.5 Å². The Bertz CT molecular complexity index is 1110. The fourth-order valence-corrected chi connectivity index (χ4v) is 8.91. The van der Waals surface area contributed by atoms with Gasteiger partial charge in [0.2, 0.25) is 5.91 Å². The van der Waals surface area contributed by atoms with Gasteiger partial charge in [-0.15, -0.1) is 0 Å². The average molecular weight is 940 g/mol. The number of esters is 1. The highest BCUT2D eigenvalue weighted by molar-refractivity contribution is 5.76. The Morgan fingerprint density at radius 1 is 0.545 bits per heavy atom. The molecule has 1 heterocycles. The minimum absolute atomic E-state index is 0.0186. The SMILES string of the molecule is CCCCCCCCCCCC/C=C/C(O)C(COC1OC(CO)C(O)C(O)C1O)NC(=O)CCCCCCCCCCCCCCCCCOC(=O)CCCCCCCCCCCCC. The van der Waals surface area contributed by atoms with Crippen LogP contribution in [0.3, 0.4) is 0 Å². The number of hydrogen-bond donors (Lipinski definition) is 6. The summed E-state index contributed by atoms with van der Waals surface area (Å²) in [6, 6.07) is -0.814. The number of allylic oxidation sites excluding steroid dienone is 1. The van der Waals surface area contributed by atoms with Crippen molar-refractivity contribution in [2.45, 2.75) is 307 Å². The third-order valence-corrected chi connectivity index (χ3v) is 13.4. The summed E-state index contributed by atoms with van der Waals surface area (Å²) in [7, 11) is 0. The van der Waals surface area contributed by atoms with E-state index in [1.165, 1.54) is 167 Å². The lowest BCUT2D eigenvalue weighted by Gasteiger charge is -2.40. The van der Waals surface area contributed by atoms with Crippen LogP contribution in [0.4, 0.5) is 0 Å². The number of carbonyl (C=O) groups excluding carboxylic acids is 2. The molecule has 0 aromatic rings. The lowest BCUT2D eigenvalue weighted by atomic mass is 9.99. The summed E-state index contributed by atoms with van der Waals surface area (Å²) >= 11 is 0. The molecule has 11 nitrogen and oxygen atoms in total. The van der Waals surface area contributed by atoms with Gasteiger partial charge in [0.05, 0.1) is 32.0 Å². The van der Waals surface area contributed by atoms with Crippen molar-refractivity contribution in [3.63, 3.8) is 0 Å². The molecule has 0 aromatic heterocycles. The number of unbranched alkanes of at least 4 members (excludes halogenated alkanes) is 34. The summed E-state index contributed by atoms with van der Waals surface area (Å²) in [6.45, 7) is 4.31. The highest BCUT2D eigenvalue weighted by atomic mass is 16.7. The van der Waals surface area contributed by atoms with Gasteiger partial charge < -0.3 is 45.1 Å². The molecule has 0 radical (unpaired) electrons. The van der Waals surface area contributed by atoms with E-state index in [2.05, 4.69) is 19.2 Å². The quantitative estimate of drug-likeness (QED) is 0.0196. The average Bonchev–Trinajstić information content (AvgIpc) is 3.31. The first kappa shape index (κ1) is 62.4. The van der Waals surface area contributed by atoms with Crippen molar-refractivity contribution >= 4 is 11.9 Å². The van der Waals surface area contributed by atoms with E-state index in [4.69, 9.17) is 14.2 Å². The van der Waals surface area contributed by atoms with Crippen molar-refractivity contribution in [3.05, 3.63) is 12.2 Å². The van der Waals surface area contributed by atoms with Gasteiger partial charge in [-0.1, -0.05) is 231 Å². The van der Waals surface area contributed by atoms with Crippen LogP contribution in [0.1, 0.15) is 264 Å². The molecule has 1 fully saturated rings. The van der Waals surface area contributed by atoms with Crippen molar-refractivity contribution in [2.75, 3.05) is 19.8 Å². The number of amides is 1. The number of nitrogens with one attached hydrogen (secondary N) is 1. The van der Waals surface area contributed by atoms with Crippen molar-refractivity contribution in [1.29, 1.82) is 0 Å². The van der Waals surface area contributed by atoms with Gasteiger partial charge in [-0.3, -0.25) is 9.59 Å². The molecule has 1 aliphatic heterocycles. The molecular formula is C55H105NO10. The topological polar surface area (TPSA) is 175 Å². The predicted molar refractivity (Wildman–Crippen MR) is 269 cm³/mol. The van der Waals surface area contributed by atoms with Crippen molar-refractivity contribution in [2.24, 2.45) is 0 Å². The number of carbonyl (C=O) groups is 2. The summed E-state index contributed by atoms with van der Waals surface area (Å²) in [5.41, 5.74) is 0. The molecule has 6 N–H and O–H groups in total. The Morgan fingerprint density at radius 3 is 1.41 bits per heavy atom. The van der Waals surface area contributed by atoms with Crippen LogP contribution < -0.4 is 5.32 Å². The zero-order chi connectivity index (χ0) is 48.1. The van der Waals surface area contributed by atoms with E-state index in [9.17, 15) is 35.1 Å². The van der Waals surface area contributed by atoms with Crippen LogP contribution >= 0.6 is 0 Å². The second-order valence-corrected chi connectivity index (χ2v) is 19.7. The van der Waals surface area contributed by atoms with E-state index >= 15 is 0 Å². The Labute approximate surface area is 404 Å². The van der Waals surface area contributed by atoms with Gasteiger partial charge in [0.1, 0.15) is 24.4 Å². The number of ether oxygens (including phenoxy) is 3. The zero-order valence-corrected chi connectivity index (χ0v) is 42.7. The molecule has 0 aliphatic carbocycles. The van der Waals surface area contributed by atoms with Crippen molar-refractivity contribution < 1.29 is 49.3 Å².